The third-order valence-electron chi connectivity index (χ3n) is 6.80. The van der Waals surface area contributed by atoms with Crippen molar-refractivity contribution in [3.05, 3.63) is 102 Å². The number of carbonyl (C=O) groups is 1. The Morgan fingerprint density at radius 2 is 1.71 bits per heavy atom. The van der Waals surface area contributed by atoms with E-state index in [0.29, 0.717) is 31.7 Å². The van der Waals surface area contributed by atoms with Gasteiger partial charge in [-0.05, 0) is 35.7 Å². The molecule has 0 saturated carbocycles. The normalized spacial score (nSPS) is 14.8. The Balaban J connectivity index is 1.29. The second kappa shape index (κ2) is 10.4. The number of anilines is 1. The van der Waals surface area contributed by atoms with Crippen LogP contribution in [0.15, 0.2) is 85.1 Å². The molecule has 1 unspecified atom stereocenters. The van der Waals surface area contributed by atoms with Crippen molar-refractivity contribution < 1.29 is 4.79 Å². The van der Waals surface area contributed by atoms with E-state index in [4.69, 9.17) is 0 Å². The zero-order chi connectivity index (χ0) is 24.0. The van der Waals surface area contributed by atoms with Crippen LogP contribution in [0.1, 0.15) is 29.0 Å². The van der Waals surface area contributed by atoms with Crippen LogP contribution >= 0.6 is 0 Å². The third-order valence-corrected chi connectivity index (χ3v) is 6.80. The van der Waals surface area contributed by atoms with E-state index in [2.05, 4.69) is 51.7 Å². The minimum absolute atomic E-state index is 0.0406. The van der Waals surface area contributed by atoms with Crippen molar-refractivity contribution in [3.8, 4) is 6.07 Å². The lowest BCUT2D eigenvalue weighted by molar-refractivity contribution is 0.201. The molecule has 1 aliphatic heterocycles. The Hall–Kier alpha value is -4.24. The number of rotatable bonds is 5. The first-order valence-electron chi connectivity index (χ1n) is 12.1. The summed E-state index contributed by atoms with van der Waals surface area (Å²) in [4.78, 5) is 20.7. The van der Waals surface area contributed by atoms with Crippen molar-refractivity contribution in [2.75, 3.05) is 37.6 Å². The summed E-state index contributed by atoms with van der Waals surface area (Å²) in [6.07, 6.45) is 2.92. The third kappa shape index (κ3) is 4.85. The Kier molecular flexibility index (Phi) is 6.67. The number of fused-ring (bicyclic) bond motifs is 1. The number of amides is 2. The van der Waals surface area contributed by atoms with Gasteiger partial charge in [0.15, 0.2) is 0 Å². The molecule has 0 bridgehead atoms. The molecule has 2 N–H and O–H groups in total. The summed E-state index contributed by atoms with van der Waals surface area (Å²) in [5, 5.41) is 13.9. The molecule has 35 heavy (non-hydrogen) atoms. The number of hydrogen-bond donors (Lipinski definition) is 2. The maximum absolute atomic E-state index is 13.2. The average molecular weight is 464 g/mol. The topological polar surface area (TPSA) is 75.2 Å². The minimum Gasteiger partial charge on any atom is -0.369 e. The molecule has 0 spiro atoms. The predicted octanol–water partition coefficient (Wildman–Crippen LogP) is 5.09. The van der Waals surface area contributed by atoms with E-state index in [1.807, 2.05) is 59.5 Å². The molecule has 1 aliphatic rings. The van der Waals surface area contributed by atoms with E-state index in [9.17, 15) is 10.1 Å². The molecule has 2 amide bonds. The van der Waals surface area contributed by atoms with Crippen molar-refractivity contribution in [1.29, 1.82) is 5.26 Å². The van der Waals surface area contributed by atoms with Crippen LogP contribution in [0.2, 0.25) is 0 Å². The lowest BCUT2D eigenvalue weighted by atomic mass is 9.91. The molecule has 1 fully saturated rings. The highest BCUT2D eigenvalue weighted by Crippen LogP contribution is 2.30. The highest BCUT2D eigenvalue weighted by atomic mass is 16.2. The number of nitrogens with one attached hydrogen (secondary N) is 2. The number of nitriles is 1. The quantitative estimate of drug-likeness (QED) is 0.433. The number of H-pyrrole nitrogens is 1. The number of benzene rings is 3. The monoisotopic (exact) mass is 463 g/mol. The maximum atomic E-state index is 13.2. The molecule has 3 aromatic carbocycles. The number of aromatic amines is 1. The summed E-state index contributed by atoms with van der Waals surface area (Å²) < 4.78 is 0. The zero-order valence-corrected chi connectivity index (χ0v) is 19.7. The number of carbonyl (C=O) groups excluding carboxylic acids is 1. The van der Waals surface area contributed by atoms with Crippen molar-refractivity contribution in [2.45, 2.75) is 12.3 Å². The van der Waals surface area contributed by atoms with Gasteiger partial charge in [0.2, 0.25) is 0 Å². The first-order chi connectivity index (χ1) is 17.2. The van der Waals surface area contributed by atoms with E-state index in [1.165, 1.54) is 16.5 Å². The van der Waals surface area contributed by atoms with Crippen LogP contribution in [-0.2, 0) is 0 Å². The van der Waals surface area contributed by atoms with Gasteiger partial charge in [-0.2, -0.15) is 5.26 Å². The predicted molar refractivity (Wildman–Crippen MR) is 140 cm³/mol. The molecule has 4 aromatic rings. The highest BCUT2D eigenvalue weighted by molar-refractivity contribution is 5.84. The van der Waals surface area contributed by atoms with Crippen molar-refractivity contribution >= 4 is 22.6 Å². The van der Waals surface area contributed by atoms with Gasteiger partial charge in [0.05, 0.1) is 11.3 Å². The maximum Gasteiger partial charge on any atom is 0.317 e. The van der Waals surface area contributed by atoms with Gasteiger partial charge in [0.25, 0.3) is 0 Å². The molecule has 1 atom stereocenters. The summed E-state index contributed by atoms with van der Waals surface area (Å²) >= 11 is 0. The van der Waals surface area contributed by atoms with Crippen LogP contribution in [0.5, 0.6) is 0 Å². The van der Waals surface area contributed by atoms with Gasteiger partial charge >= 0.3 is 6.03 Å². The number of para-hydroxylation sites is 2. The summed E-state index contributed by atoms with van der Waals surface area (Å²) in [5.74, 6) is 0.0438. The highest BCUT2D eigenvalue weighted by Gasteiger charge is 2.23. The largest absolute Gasteiger partial charge is 0.369 e. The van der Waals surface area contributed by atoms with Crippen molar-refractivity contribution in [2.24, 2.45) is 0 Å². The van der Waals surface area contributed by atoms with E-state index in [0.717, 1.165) is 24.2 Å². The number of hydrogen-bond acceptors (Lipinski definition) is 3. The second-order valence-electron chi connectivity index (χ2n) is 8.90. The first-order valence-corrected chi connectivity index (χ1v) is 12.1. The molecule has 2 heterocycles. The fourth-order valence-electron chi connectivity index (χ4n) is 4.98. The summed E-state index contributed by atoms with van der Waals surface area (Å²) in [7, 11) is 0. The Morgan fingerprint density at radius 1 is 0.943 bits per heavy atom. The fraction of sp³-hybridized carbons (Fsp3) is 0.241. The van der Waals surface area contributed by atoms with Crippen LogP contribution in [0, 0.1) is 11.3 Å². The van der Waals surface area contributed by atoms with Gasteiger partial charge in [-0.25, -0.2) is 4.79 Å². The van der Waals surface area contributed by atoms with Gasteiger partial charge in [-0.15, -0.1) is 0 Å². The van der Waals surface area contributed by atoms with Gasteiger partial charge in [-0.1, -0.05) is 60.7 Å². The zero-order valence-electron chi connectivity index (χ0n) is 19.7. The lowest BCUT2D eigenvalue weighted by Crippen LogP contribution is -2.43. The standard InChI is InChI=1S/C29H29N5O/c30-19-23-11-4-7-14-28(23)33-15-8-16-34(18-17-33)29(35)32-20-25(22-9-2-1-3-10-22)26-21-31-27-13-6-5-12-24(26)27/h1-7,9-14,21,25,31H,8,15-18,20H2,(H,32,35). The minimum atomic E-state index is -0.0406. The van der Waals surface area contributed by atoms with Crippen molar-refractivity contribution in [3.63, 3.8) is 0 Å². The molecule has 6 heteroatoms. The SMILES string of the molecule is N#Cc1ccccc1N1CCCN(C(=O)NCC(c2ccccc2)c2c[nH]c3ccccc23)CC1. The van der Waals surface area contributed by atoms with Crippen LogP contribution in [0.25, 0.3) is 10.9 Å². The van der Waals surface area contributed by atoms with Crippen LogP contribution in [0.3, 0.4) is 0 Å². The molecular weight excluding hydrogens is 434 g/mol. The summed E-state index contributed by atoms with van der Waals surface area (Å²) in [6, 6.07) is 28.5. The van der Waals surface area contributed by atoms with Crippen LogP contribution in [-0.4, -0.2) is 48.6 Å². The number of urea groups is 1. The molecule has 0 radical (unpaired) electrons. The lowest BCUT2D eigenvalue weighted by Gasteiger charge is -2.25. The van der Waals surface area contributed by atoms with Gasteiger partial charge in [0.1, 0.15) is 6.07 Å². The second-order valence-corrected chi connectivity index (χ2v) is 8.90. The molecule has 1 saturated heterocycles. The molecule has 0 aliphatic carbocycles. The molecule has 5 rings (SSSR count). The Morgan fingerprint density at radius 3 is 2.57 bits per heavy atom. The van der Waals surface area contributed by atoms with Crippen molar-refractivity contribution in [1.82, 2.24) is 15.2 Å². The molecule has 176 valence electrons. The Labute approximate surface area is 205 Å². The van der Waals surface area contributed by atoms with Gasteiger partial charge in [-0.3, -0.25) is 0 Å². The fourth-order valence-corrected chi connectivity index (χ4v) is 4.98. The van der Waals surface area contributed by atoms with E-state index >= 15 is 0 Å². The van der Waals surface area contributed by atoms with Gasteiger partial charge < -0.3 is 20.1 Å². The average Bonchev–Trinajstić information content (AvgIpc) is 3.17. The first kappa shape index (κ1) is 22.5. The Bertz CT molecular complexity index is 1340. The summed E-state index contributed by atoms with van der Waals surface area (Å²) in [6.45, 7) is 3.36. The number of aromatic nitrogens is 1. The van der Waals surface area contributed by atoms with E-state index < -0.39 is 0 Å². The molecule has 6 nitrogen and oxygen atoms in total. The van der Waals surface area contributed by atoms with Gasteiger partial charge in [0, 0.05) is 55.7 Å². The van der Waals surface area contributed by atoms with Crippen LogP contribution < -0.4 is 10.2 Å². The van der Waals surface area contributed by atoms with E-state index in [1.54, 1.807) is 0 Å². The van der Waals surface area contributed by atoms with Crippen LogP contribution in [0.4, 0.5) is 10.5 Å². The molecule has 1 aromatic heterocycles. The number of nitrogens with zero attached hydrogens (tertiary/aromatic N) is 3. The van der Waals surface area contributed by atoms with E-state index in [-0.39, 0.29) is 11.9 Å². The summed E-state index contributed by atoms with van der Waals surface area (Å²) in [5.41, 5.74) is 5.07. The molecular formula is C29H29N5O. The smallest absolute Gasteiger partial charge is 0.317 e.